The number of carbonyl (C=O) groups excluding carboxylic acids is 1. The maximum Gasteiger partial charge on any atom is 0.254 e. The first-order chi connectivity index (χ1) is 12.9. The molecule has 6 nitrogen and oxygen atoms in total. The van der Waals surface area contributed by atoms with Crippen LogP contribution in [0.15, 0.2) is 35.5 Å². The smallest absolute Gasteiger partial charge is 0.254 e. The SMILES string of the molecule is Cc1cc(N(C)C)nc(SCc2ccc(C(=O)N3CC[NH+](C)CC3)cc2)n1. The number of aromatic nitrogens is 2. The second kappa shape index (κ2) is 8.71. The number of piperazine rings is 1. The van der Waals surface area contributed by atoms with Gasteiger partial charge in [0, 0.05) is 37.2 Å². The molecule has 1 aromatic heterocycles. The standard InChI is InChI=1S/C20H27N5OS/c1-15-13-18(23(2)3)22-20(21-15)27-14-16-5-7-17(8-6-16)19(26)25-11-9-24(4)10-12-25/h5-8,13H,9-12,14H2,1-4H3/p+1. The van der Waals surface area contributed by atoms with Crippen molar-refractivity contribution in [3.63, 3.8) is 0 Å². The topological polar surface area (TPSA) is 53.8 Å². The van der Waals surface area contributed by atoms with Crippen molar-refractivity contribution < 1.29 is 9.69 Å². The highest BCUT2D eigenvalue weighted by Gasteiger charge is 2.22. The number of nitrogens with one attached hydrogen (secondary N) is 1. The van der Waals surface area contributed by atoms with Gasteiger partial charge in [-0.05, 0) is 24.6 Å². The van der Waals surface area contributed by atoms with Gasteiger partial charge in [0.2, 0.25) is 0 Å². The van der Waals surface area contributed by atoms with E-state index in [1.165, 1.54) is 4.90 Å². The molecule has 0 bridgehead atoms. The van der Waals surface area contributed by atoms with E-state index in [4.69, 9.17) is 0 Å². The van der Waals surface area contributed by atoms with Crippen molar-refractivity contribution in [3.8, 4) is 0 Å². The summed E-state index contributed by atoms with van der Waals surface area (Å²) in [6, 6.07) is 9.91. The number of anilines is 1. The molecule has 1 aromatic carbocycles. The minimum atomic E-state index is 0.138. The van der Waals surface area contributed by atoms with E-state index in [1.807, 2.05) is 61.2 Å². The molecule has 0 aliphatic carbocycles. The third-order valence-electron chi connectivity index (χ3n) is 4.75. The number of nitrogens with zero attached hydrogens (tertiary/aromatic N) is 4. The summed E-state index contributed by atoms with van der Waals surface area (Å²) < 4.78 is 0. The molecule has 144 valence electrons. The van der Waals surface area contributed by atoms with Gasteiger partial charge in [0.15, 0.2) is 5.16 Å². The van der Waals surface area contributed by atoms with Gasteiger partial charge in [-0.1, -0.05) is 23.9 Å². The monoisotopic (exact) mass is 386 g/mol. The van der Waals surface area contributed by atoms with E-state index in [9.17, 15) is 4.79 Å². The quantitative estimate of drug-likeness (QED) is 0.616. The molecule has 0 atom stereocenters. The predicted molar refractivity (Wildman–Crippen MR) is 110 cm³/mol. The lowest BCUT2D eigenvalue weighted by atomic mass is 10.1. The van der Waals surface area contributed by atoms with E-state index in [1.54, 1.807) is 11.8 Å². The van der Waals surface area contributed by atoms with E-state index in [-0.39, 0.29) is 5.91 Å². The molecule has 1 fully saturated rings. The molecular weight excluding hydrogens is 358 g/mol. The Morgan fingerprint density at radius 2 is 1.85 bits per heavy atom. The maximum absolute atomic E-state index is 12.6. The zero-order chi connectivity index (χ0) is 19.4. The Bertz CT molecular complexity index is 785. The van der Waals surface area contributed by atoms with Crippen molar-refractivity contribution in [1.29, 1.82) is 0 Å². The van der Waals surface area contributed by atoms with E-state index in [0.29, 0.717) is 0 Å². The van der Waals surface area contributed by atoms with Crippen LogP contribution in [-0.4, -0.2) is 68.1 Å². The molecular formula is C20H28N5OS+. The molecule has 0 unspecified atom stereocenters. The van der Waals surface area contributed by atoms with Gasteiger partial charge >= 0.3 is 0 Å². The minimum absolute atomic E-state index is 0.138. The highest BCUT2D eigenvalue weighted by molar-refractivity contribution is 7.98. The maximum atomic E-state index is 12.6. The molecule has 0 spiro atoms. The first-order valence-corrected chi connectivity index (χ1v) is 10.3. The molecule has 2 aromatic rings. The van der Waals surface area contributed by atoms with Gasteiger partial charge in [0.1, 0.15) is 5.82 Å². The Morgan fingerprint density at radius 1 is 1.19 bits per heavy atom. The summed E-state index contributed by atoms with van der Waals surface area (Å²) in [5, 5.41) is 0.777. The first kappa shape index (κ1) is 19.6. The fourth-order valence-corrected chi connectivity index (χ4v) is 3.84. The molecule has 2 heterocycles. The Labute approximate surface area is 165 Å². The highest BCUT2D eigenvalue weighted by atomic mass is 32.2. The van der Waals surface area contributed by atoms with Crippen molar-refractivity contribution in [1.82, 2.24) is 14.9 Å². The lowest BCUT2D eigenvalue weighted by Crippen LogP contribution is -3.12. The van der Waals surface area contributed by atoms with Crippen LogP contribution in [0.25, 0.3) is 0 Å². The van der Waals surface area contributed by atoms with Crippen LogP contribution in [0.5, 0.6) is 0 Å². The fourth-order valence-electron chi connectivity index (χ4n) is 2.98. The number of thioether (sulfide) groups is 1. The molecule has 3 rings (SSSR count). The summed E-state index contributed by atoms with van der Waals surface area (Å²) in [4.78, 5) is 27.1. The largest absolute Gasteiger partial charge is 0.363 e. The second-order valence-corrected chi connectivity index (χ2v) is 8.22. The number of likely N-dealkylation sites (N-methyl/N-ethyl adjacent to an activating group) is 1. The number of hydrogen-bond acceptors (Lipinski definition) is 5. The van der Waals surface area contributed by atoms with Crippen LogP contribution in [0.4, 0.5) is 5.82 Å². The normalized spacial score (nSPS) is 15.0. The average Bonchev–Trinajstić information content (AvgIpc) is 2.66. The zero-order valence-corrected chi connectivity index (χ0v) is 17.3. The average molecular weight is 387 g/mol. The lowest BCUT2D eigenvalue weighted by molar-refractivity contribution is -0.883. The van der Waals surface area contributed by atoms with Crippen molar-refractivity contribution >= 4 is 23.5 Å². The number of aryl methyl sites for hydroxylation is 1. The van der Waals surface area contributed by atoms with Gasteiger partial charge in [0.05, 0.1) is 33.2 Å². The van der Waals surface area contributed by atoms with Crippen molar-refractivity contribution in [2.45, 2.75) is 17.8 Å². The number of amides is 1. The van der Waals surface area contributed by atoms with Crippen molar-refractivity contribution in [3.05, 3.63) is 47.2 Å². The number of hydrogen-bond donors (Lipinski definition) is 1. The minimum Gasteiger partial charge on any atom is -0.363 e. The number of rotatable bonds is 5. The molecule has 0 saturated carbocycles. The van der Waals surface area contributed by atoms with Crippen LogP contribution in [0.2, 0.25) is 0 Å². The van der Waals surface area contributed by atoms with Gasteiger partial charge in [-0.15, -0.1) is 0 Å². The third-order valence-corrected chi connectivity index (χ3v) is 5.67. The number of benzene rings is 1. The van der Waals surface area contributed by atoms with Gasteiger partial charge in [0.25, 0.3) is 5.91 Å². The molecule has 1 amide bonds. The highest BCUT2D eigenvalue weighted by Crippen LogP contribution is 2.22. The van der Waals surface area contributed by atoms with Crippen LogP contribution in [0.3, 0.4) is 0 Å². The summed E-state index contributed by atoms with van der Waals surface area (Å²) in [6.07, 6.45) is 0. The summed E-state index contributed by atoms with van der Waals surface area (Å²) in [5.74, 6) is 1.84. The third kappa shape index (κ3) is 5.20. The van der Waals surface area contributed by atoms with E-state index < -0.39 is 0 Å². The molecule has 0 radical (unpaired) electrons. The number of quaternary nitrogens is 1. The van der Waals surface area contributed by atoms with E-state index in [2.05, 4.69) is 17.0 Å². The Morgan fingerprint density at radius 3 is 2.48 bits per heavy atom. The Kier molecular flexibility index (Phi) is 6.34. The molecule has 7 heteroatoms. The van der Waals surface area contributed by atoms with Gasteiger partial charge in [-0.2, -0.15) is 0 Å². The summed E-state index contributed by atoms with van der Waals surface area (Å²) in [6.45, 7) is 5.69. The molecule has 1 N–H and O–H groups in total. The zero-order valence-electron chi connectivity index (χ0n) is 16.5. The summed E-state index contributed by atoms with van der Waals surface area (Å²) >= 11 is 1.61. The molecule has 1 saturated heterocycles. The fraction of sp³-hybridized carbons (Fsp3) is 0.450. The van der Waals surface area contributed by atoms with Crippen molar-refractivity contribution in [2.75, 3.05) is 52.2 Å². The first-order valence-electron chi connectivity index (χ1n) is 9.27. The van der Waals surface area contributed by atoms with E-state index >= 15 is 0 Å². The Balaban J connectivity index is 1.60. The summed E-state index contributed by atoms with van der Waals surface area (Å²) in [5.41, 5.74) is 2.90. The lowest BCUT2D eigenvalue weighted by Gasteiger charge is -2.30. The van der Waals surface area contributed by atoms with Crippen LogP contribution in [0, 0.1) is 6.92 Å². The van der Waals surface area contributed by atoms with Crippen LogP contribution >= 0.6 is 11.8 Å². The van der Waals surface area contributed by atoms with Crippen LogP contribution < -0.4 is 9.80 Å². The van der Waals surface area contributed by atoms with Gasteiger partial charge < -0.3 is 14.7 Å². The van der Waals surface area contributed by atoms with E-state index in [0.717, 1.165) is 59.7 Å². The number of carbonyl (C=O) groups is 1. The molecule has 27 heavy (non-hydrogen) atoms. The summed E-state index contributed by atoms with van der Waals surface area (Å²) in [7, 11) is 6.13. The Hall–Kier alpha value is -2.12. The predicted octanol–water partition coefficient (Wildman–Crippen LogP) is 1.11. The van der Waals surface area contributed by atoms with Crippen LogP contribution in [-0.2, 0) is 5.75 Å². The van der Waals surface area contributed by atoms with Gasteiger partial charge in [-0.3, -0.25) is 4.79 Å². The molecule has 1 aliphatic rings. The molecule has 1 aliphatic heterocycles. The van der Waals surface area contributed by atoms with Gasteiger partial charge in [-0.25, -0.2) is 9.97 Å². The van der Waals surface area contributed by atoms with Crippen molar-refractivity contribution in [2.24, 2.45) is 0 Å². The van der Waals surface area contributed by atoms with Crippen LogP contribution in [0.1, 0.15) is 21.6 Å². The second-order valence-electron chi connectivity index (χ2n) is 7.28.